The van der Waals surface area contributed by atoms with Crippen molar-refractivity contribution in [1.29, 1.82) is 0 Å². The number of ether oxygens (including phenoxy) is 1. The van der Waals surface area contributed by atoms with Gasteiger partial charge in [-0.25, -0.2) is 4.79 Å². The second kappa shape index (κ2) is 6.20. The summed E-state index contributed by atoms with van der Waals surface area (Å²) in [4.78, 5) is 11.5. The van der Waals surface area contributed by atoms with Crippen molar-refractivity contribution in [3.05, 3.63) is 48.0 Å². The molecular formula is C15H18N2O2. The van der Waals surface area contributed by atoms with Gasteiger partial charge in [0.25, 0.3) is 0 Å². The molecular weight excluding hydrogens is 240 g/mol. The maximum Gasteiger partial charge on any atom is 0.407 e. The number of benzene rings is 2. The zero-order valence-corrected chi connectivity index (χ0v) is 10.9. The lowest BCUT2D eigenvalue weighted by Crippen LogP contribution is -2.33. The van der Waals surface area contributed by atoms with E-state index in [1.807, 2.05) is 36.4 Å². The van der Waals surface area contributed by atoms with Crippen LogP contribution in [0.3, 0.4) is 0 Å². The molecule has 1 unspecified atom stereocenters. The fourth-order valence-electron chi connectivity index (χ4n) is 2.02. The highest BCUT2D eigenvalue weighted by Gasteiger charge is 2.13. The van der Waals surface area contributed by atoms with Gasteiger partial charge in [-0.05, 0) is 29.3 Å². The van der Waals surface area contributed by atoms with Crippen LogP contribution < -0.4 is 11.1 Å². The molecule has 0 aliphatic rings. The number of hydrogen-bond donors (Lipinski definition) is 2. The summed E-state index contributed by atoms with van der Waals surface area (Å²) >= 11 is 0. The Kier molecular flexibility index (Phi) is 4.36. The van der Waals surface area contributed by atoms with Crippen molar-refractivity contribution in [3.8, 4) is 0 Å². The first-order valence-corrected chi connectivity index (χ1v) is 6.36. The minimum absolute atomic E-state index is 0.233. The Morgan fingerprint density at radius 3 is 2.68 bits per heavy atom. The molecule has 4 heteroatoms. The van der Waals surface area contributed by atoms with Crippen LogP contribution in [0, 0.1) is 0 Å². The van der Waals surface area contributed by atoms with Crippen LogP contribution in [0.4, 0.5) is 4.79 Å². The molecule has 0 bridgehead atoms. The smallest absolute Gasteiger partial charge is 0.407 e. The predicted octanol–water partition coefficient (Wildman–Crippen LogP) is 2.59. The van der Waals surface area contributed by atoms with E-state index in [9.17, 15) is 4.79 Å². The fraction of sp³-hybridized carbons (Fsp3) is 0.267. The van der Waals surface area contributed by atoms with Gasteiger partial charge in [0, 0.05) is 6.54 Å². The van der Waals surface area contributed by atoms with E-state index >= 15 is 0 Å². The third-order valence-electron chi connectivity index (χ3n) is 2.98. The number of rotatable bonds is 4. The number of carbonyl (C=O) groups excluding carboxylic acids is 1. The standard InChI is InChI=1S/C15H18N2O2/c1-2-19-15(18)17-14(10-16)13-8-7-11-5-3-4-6-12(11)9-13/h3-9,14H,2,10,16H2,1H3,(H,17,18). The first-order chi connectivity index (χ1) is 9.24. The molecule has 0 fully saturated rings. The van der Waals surface area contributed by atoms with Crippen LogP contribution in [-0.4, -0.2) is 19.2 Å². The molecule has 2 aromatic carbocycles. The molecule has 2 rings (SSSR count). The van der Waals surface area contributed by atoms with Crippen molar-refractivity contribution in [2.75, 3.05) is 13.2 Å². The van der Waals surface area contributed by atoms with E-state index in [1.165, 1.54) is 0 Å². The molecule has 0 radical (unpaired) electrons. The van der Waals surface area contributed by atoms with Crippen LogP contribution >= 0.6 is 0 Å². The number of amides is 1. The van der Waals surface area contributed by atoms with Gasteiger partial charge in [0.1, 0.15) is 0 Å². The lowest BCUT2D eigenvalue weighted by Gasteiger charge is -2.17. The Hall–Kier alpha value is -2.07. The van der Waals surface area contributed by atoms with Gasteiger partial charge < -0.3 is 15.8 Å². The van der Waals surface area contributed by atoms with Gasteiger partial charge in [0.15, 0.2) is 0 Å². The number of alkyl carbamates (subject to hydrolysis) is 1. The number of carbonyl (C=O) groups is 1. The molecule has 2 aromatic rings. The predicted molar refractivity (Wildman–Crippen MR) is 75.9 cm³/mol. The monoisotopic (exact) mass is 258 g/mol. The molecule has 0 spiro atoms. The maximum absolute atomic E-state index is 11.5. The Balaban J connectivity index is 2.22. The average molecular weight is 258 g/mol. The van der Waals surface area contributed by atoms with Crippen molar-refractivity contribution in [2.45, 2.75) is 13.0 Å². The number of hydrogen-bond acceptors (Lipinski definition) is 3. The molecule has 3 N–H and O–H groups in total. The highest BCUT2D eigenvalue weighted by molar-refractivity contribution is 5.83. The van der Waals surface area contributed by atoms with E-state index in [0.29, 0.717) is 13.2 Å². The molecule has 1 atom stereocenters. The van der Waals surface area contributed by atoms with E-state index < -0.39 is 6.09 Å². The summed E-state index contributed by atoms with van der Waals surface area (Å²) in [5.74, 6) is 0. The van der Waals surface area contributed by atoms with Crippen molar-refractivity contribution < 1.29 is 9.53 Å². The number of nitrogens with two attached hydrogens (primary N) is 1. The lowest BCUT2D eigenvalue weighted by molar-refractivity contribution is 0.148. The van der Waals surface area contributed by atoms with E-state index in [1.54, 1.807) is 6.92 Å². The molecule has 19 heavy (non-hydrogen) atoms. The van der Waals surface area contributed by atoms with Gasteiger partial charge in [-0.2, -0.15) is 0 Å². The molecule has 100 valence electrons. The largest absolute Gasteiger partial charge is 0.450 e. The van der Waals surface area contributed by atoms with Crippen LogP contribution in [0.5, 0.6) is 0 Å². The van der Waals surface area contributed by atoms with Crippen LogP contribution in [-0.2, 0) is 4.74 Å². The molecule has 0 saturated carbocycles. The topological polar surface area (TPSA) is 64.3 Å². The number of fused-ring (bicyclic) bond motifs is 1. The van der Waals surface area contributed by atoms with Crippen molar-refractivity contribution >= 4 is 16.9 Å². The zero-order valence-electron chi connectivity index (χ0n) is 10.9. The third-order valence-corrected chi connectivity index (χ3v) is 2.98. The normalized spacial score (nSPS) is 12.1. The van der Waals surface area contributed by atoms with E-state index in [4.69, 9.17) is 10.5 Å². The maximum atomic E-state index is 11.5. The van der Waals surface area contributed by atoms with Crippen molar-refractivity contribution in [3.63, 3.8) is 0 Å². The highest BCUT2D eigenvalue weighted by Crippen LogP contribution is 2.20. The molecule has 0 aliphatic heterocycles. The van der Waals surface area contributed by atoms with Crippen LogP contribution in [0.15, 0.2) is 42.5 Å². The zero-order chi connectivity index (χ0) is 13.7. The third kappa shape index (κ3) is 3.23. The average Bonchev–Trinajstić information content (AvgIpc) is 2.44. The van der Waals surface area contributed by atoms with E-state index in [2.05, 4.69) is 11.4 Å². The van der Waals surface area contributed by atoms with Crippen molar-refractivity contribution in [2.24, 2.45) is 5.73 Å². The van der Waals surface area contributed by atoms with Gasteiger partial charge in [-0.15, -0.1) is 0 Å². The summed E-state index contributed by atoms with van der Waals surface area (Å²) in [6, 6.07) is 13.9. The van der Waals surface area contributed by atoms with Gasteiger partial charge in [-0.1, -0.05) is 36.4 Å². The van der Waals surface area contributed by atoms with Gasteiger partial charge in [0.2, 0.25) is 0 Å². The first-order valence-electron chi connectivity index (χ1n) is 6.36. The van der Waals surface area contributed by atoms with Crippen LogP contribution in [0.2, 0.25) is 0 Å². The number of nitrogens with one attached hydrogen (secondary N) is 1. The molecule has 4 nitrogen and oxygen atoms in total. The Morgan fingerprint density at radius 1 is 1.26 bits per heavy atom. The molecule has 0 saturated heterocycles. The second-order valence-corrected chi connectivity index (χ2v) is 4.26. The van der Waals surface area contributed by atoms with E-state index in [-0.39, 0.29) is 6.04 Å². The van der Waals surface area contributed by atoms with Crippen LogP contribution in [0.25, 0.3) is 10.8 Å². The highest BCUT2D eigenvalue weighted by atomic mass is 16.5. The molecule has 0 heterocycles. The van der Waals surface area contributed by atoms with Gasteiger partial charge in [-0.3, -0.25) is 0 Å². The summed E-state index contributed by atoms with van der Waals surface area (Å²) in [5.41, 5.74) is 6.70. The lowest BCUT2D eigenvalue weighted by atomic mass is 10.0. The second-order valence-electron chi connectivity index (χ2n) is 4.26. The molecule has 0 aliphatic carbocycles. The Labute approximate surface area is 112 Å². The summed E-state index contributed by atoms with van der Waals surface area (Å²) in [5, 5.41) is 5.06. The minimum atomic E-state index is -0.439. The molecule has 1 amide bonds. The summed E-state index contributed by atoms with van der Waals surface area (Å²) < 4.78 is 4.88. The van der Waals surface area contributed by atoms with Gasteiger partial charge in [0.05, 0.1) is 12.6 Å². The van der Waals surface area contributed by atoms with Gasteiger partial charge >= 0.3 is 6.09 Å². The summed E-state index contributed by atoms with van der Waals surface area (Å²) in [7, 11) is 0. The van der Waals surface area contributed by atoms with Crippen LogP contribution in [0.1, 0.15) is 18.5 Å². The minimum Gasteiger partial charge on any atom is -0.450 e. The Bertz CT molecular complexity index is 569. The quantitative estimate of drug-likeness (QED) is 0.886. The fourth-order valence-corrected chi connectivity index (χ4v) is 2.02. The SMILES string of the molecule is CCOC(=O)NC(CN)c1ccc2ccccc2c1. The summed E-state index contributed by atoms with van der Waals surface area (Å²) in [6.07, 6.45) is -0.439. The van der Waals surface area contributed by atoms with Crippen molar-refractivity contribution in [1.82, 2.24) is 5.32 Å². The molecule has 0 aromatic heterocycles. The first kappa shape index (κ1) is 13.4. The summed E-state index contributed by atoms with van der Waals surface area (Å²) in [6.45, 7) is 2.45. The van der Waals surface area contributed by atoms with E-state index in [0.717, 1.165) is 16.3 Å². The Morgan fingerprint density at radius 2 is 2.00 bits per heavy atom.